The van der Waals surface area contributed by atoms with Gasteiger partial charge in [-0.05, 0) is 62.5 Å². The Morgan fingerprint density at radius 3 is 1.41 bits per heavy atom. The van der Waals surface area contributed by atoms with Crippen molar-refractivity contribution in [2.75, 3.05) is 0 Å². The van der Waals surface area contributed by atoms with Crippen LogP contribution in [-0.2, 0) is 32.9 Å². The second-order valence-electron chi connectivity index (χ2n) is 14.3. The number of phenolic OH excluding ortho intramolecular Hbond substituents is 2. The number of hydrogen-bond donors (Lipinski definition) is 3. The highest BCUT2D eigenvalue weighted by Crippen LogP contribution is 2.41. The smallest absolute Gasteiger partial charge is 0.240 e. The third-order valence-corrected chi connectivity index (χ3v) is 6.58. The van der Waals surface area contributed by atoms with E-state index in [1.165, 1.54) is 0 Å². The summed E-state index contributed by atoms with van der Waals surface area (Å²) in [6.45, 7) is 24.9. The van der Waals surface area contributed by atoms with Crippen molar-refractivity contribution in [3.8, 4) is 11.5 Å². The van der Waals surface area contributed by atoms with Gasteiger partial charge in [-0.3, -0.25) is 4.79 Å². The first-order valence-electron chi connectivity index (χ1n) is 13.2. The third-order valence-electron chi connectivity index (χ3n) is 6.58. The molecule has 204 valence electrons. The van der Waals surface area contributed by atoms with Gasteiger partial charge in [-0.2, -0.15) is 5.10 Å². The zero-order chi connectivity index (χ0) is 28.6. The van der Waals surface area contributed by atoms with E-state index in [2.05, 4.69) is 93.6 Å². The molecule has 0 radical (unpaired) electrons. The molecule has 1 amide bonds. The minimum Gasteiger partial charge on any atom is -0.507 e. The van der Waals surface area contributed by atoms with Gasteiger partial charge in [-0.25, -0.2) is 5.43 Å². The second kappa shape index (κ2) is 10.5. The number of carbonyl (C=O) groups excluding carboxylic acids is 1. The van der Waals surface area contributed by atoms with Gasteiger partial charge in [0.15, 0.2) is 0 Å². The summed E-state index contributed by atoms with van der Waals surface area (Å²) in [5.41, 5.74) is 7.09. The van der Waals surface area contributed by atoms with Crippen LogP contribution in [0.4, 0.5) is 0 Å². The lowest BCUT2D eigenvalue weighted by Crippen LogP contribution is -2.20. The zero-order valence-corrected chi connectivity index (χ0v) is 25.1. The van der Waals surface area contributed by atoms with E-state index in [0.717, 1.165) is 33.4 Å². The molecule has 0 spiro atoms. The molecule has 2 aromatic rings. The molecule has 0 heterocycles. The van der Waals surface area contributed by atoms with E-state index in [1.807, 2.05) is 24.3 Å². The second-order valence-corrected chi connectivity index (χ2v) is 14.3. The summed E-state index contributed by atoms with van der Waals surface area (Å²) in [4.78, 5) is 12.6. The molecule has 0 fully saturated rings. The summed E-state index contributed by atoms with van der Waals surface area (Å²) in [5, 5.41) is 26.0. The van der Waals surface area contributed by atoms with Gasteiger partial charge in [0.05, 0.1) is 6.21 Å². The summed E-state index contributed by atoms with van der Waals surface area (Å²) in [6.07, 6.45) is 2.47. The Balaban J connectivity index is 2.23. The first-order valence-corrected chi connectivity index (χ1v) is 13.2. The van der Waals surface area contributed by atoms with Gasteiger partial charge >= 0.3 is 0 Å². The number of rotatable bonds is 5. The number of phenols is 2. The van der Waals surface area contributed by atoms with Crippen LogP contribution in [0.5, 0.6) is 11.5 Å². The maximum Gasteiger partial charge on any atom is 0.240 e. The minimum atomic E-state index is -0.237. The van der Waals surface area contributed by atoms with Crippen molar-refractivity contribution in [3.63, 3.8) is 0 Å². The van der Waals surface area contributed by atoms with Crippen LogP contribution >= 0.6 is 0 Å². The summed E-state index contributed by atoms with van der Waals surface area (Å²) in [6, 6.07) is 7.89. The largest absolute Gasteiger partial charge is 0.507 e. The Morgan fingerprint density at radius 1 is 0.703 bits per heavy atom. The van der Waals surface area contributed by atoms with Crippen molar-refractivity contribution in [1.29, 1.82) is 0 Å². The van der Waals surface area contributed by atoms with E-state index in [0.29, 0.717) is 17.9 Å². The molecule has 0 aromatic heterocycles. The number of hydrogen-bond acceptors (Lipinski definition) is 4. The van der Waals surface area contributed by atoms with Gasteiger partial charge in [0, 0.05) is 17.5 Å². The van der Waals surface area contributed by atoms with Crippen LogP contribution in [-0.4, -0.2) is 22.3 Å². The summed E-state index contributed by atoms with van der Waals surface area (Å²) < 4.78 is 0. The van der Waals surface area contributed by atoms with Crippen molar-refractivity contribution in [2.24, 2.45) is 5.10 Å². The number of amides is 1. The van der Waals surface area contributed by atoms with Crippen LogP contribution in [0.3, 0.4) is 0 Å². The number of benzene rings is 2. The molecule has 5 nitrogen and oxygen atoms in total. The van der Waals surface area contributed by atoms with E-state index >= 15 is 0 Å². The molecule has 37 heavy (non-hydrogen) atoms. The number of nitrogens with zero attached hydrogens (tertiary/aromatic N) is 1. The Kier molecular flexibility index (Phi) is 8.64. The monoisotopic (exact) mass is 508 g/mol. The van der Waals surface area contributed by atoms with Crippen molar-refractivity contribution in [1.82, 2.24) is 5.43 Å². The van der Waals surface area contributed by atoms with Crippen molar-refractivity contribution < 1.29 is 15.0 Å². The van der Waals surface area contributed by atoms with Gasteiger partial charge in [0.25, 0.3) is 0 Å². The van der Waals surface area contributed by atoms with E-state index in [9.17, 15) is 15.0 Å². The van der Waals surface area contributed by atoms with Crippen LogP contribution in [0.25, 0.3) is 0 Å². The van der Waals surface area contributed by atoms with Crippen LogP contribution in [0, 0.1) is 0 Å². The molecular weight excluding hydrogens is 460 g/mol. The topological polar surface area (TPSA) is 81.9 Å². The first kappa shape index (κ1) is 30.4. The first-order chi connectivity index (χ1) is 16.6. The Labute approximate surface area is 224 Å². The predicted octanol–water partition coefficient (Wildman–Crippen LogP) is 7.37. The van der Waals surface area contributed by atoms with Gasteiger partial charge in [-0.1, -0.05) is 95.2 Å². The Morgan fingerprint density at radius 2 is 1.05 bits per heavy atom. The molecule has 0 aliphatic rings. The standard InChI is InChI=1S/C32H48N2O3/c1-29(2,3)22-15-20(16-23(27(22)36)30(4,5)6)13-14-26(35)34-33-19-21-17-24(31(7,8)9)28(37)25(18-21)32(10,11)12/h15-19,36-37H,13-14H2,1-12H3,(H,34,35)/b33-19-. The molecule has 0 saturated carbocycles. The van der Waals surface area contributed by atoms with E-state index < -0.39 is 0 Å². The number of aryl methyl sites for hydroxylation is 1. The maximum absolute atomic E-state index is 12.6. The molecule has 0 aliphatic heterocycles. The van der Waals surface area contributed by atoms with E-state index in [-0.39, 0.29) is 34.0 Å². The summed E-state index contributed by atoms with van der Waals surface area (Å²) >= 11 is 0. The fourth-order valence-corrected chi connectivity index (χ4v) is 4.35. The van der Waals surface area contributed by atoms with E-state index in [4.69, 9.17) is 0 Å². The molecule has 0 saturated heterocycles. The van der Waals surface area contributed by atoms with Gasteiger partial charge in [0.2, 0.25) is 5.91 Å². The molecule has 2 aromatic carbocycles. The highest BCUT2D eigenvalue weighted by Gasteiger charge is 2.27. The Bertz CT molecular complexity index is 1090. The van der Waals surface area contributed by atoms with Crippen molar-refractivity contribution in [2.45, 2.75) is 118 Å². The molecular formula is C32H48N2O3. The van der Waals surface area contributed by atoms with E-state index in [1.54, 1.807) is 6.21 Å². The van der Waals surface area contributed by atoms with Crippen molar-refractivity contribution in [3.05, 3.63) is 57.6 Å². The summed E-state index contributed by atoms with van der Waals surface area (Å²) in [7, 11) is 0. The molecule has 2 rings (SSSR count). The average Bonchev–Trinajstić information content (AvgIpc) is 2.70. The van der Waals surface area contributed by atoms with Crippen LogP contribution in [0.1, 0.15) is 123 Å². The van der Waals surface area contributed by atoms with Gasteiger partial charge in [-0.15, -0.1) is 0 Å². The van der Waals surface area contributed by atoms with Crippen LogP contribution in [0.15, 0.2) is 29.4 Å². The Hall–Kier alpha value is -2.82. The van der Waals surface area contributed by atoms with Gasteiger partial charge < -0.3 is 10.2 Å². The SMILES string of the molecule is CC(C)(C)c1cc(/C=N\NC(=O)CCc2cc(C(C)(C)C)c(O)c(C(C)(C)C)c2)cc(C(C)(C)C)c1O. The lowest BCUT2D eigenvalue weighted by molar-refractivity contribution is -0.121. The number of nitrogens with one attached hydrogen (secondary N) is 1. The molecule has 3 N–H and O–H groups in total. The third kappa shape index (κ3) is 7.83. The maximum atomic E-state index is 12.6. The number of carbonyl (C=O) groups is 1. The average molecular weight is 509 g/mol. The number of aromatic hydroxyl groups is 2. The quantitative estimate of drug-likeness (QED) is 0.291. The molecule has 0 atom stereocenters. The minimum absolute atomic E-state index is 0.176. The number of hydrazone groups is 1. The van der Waals surface area contributed by atoms with Gasteiger partial charge in [0.1, 0.15) is 11.5 Å². The molecule has 5 heteroatoms. The lowest BCUT2D eigenvalue weighted by Gasteiger charge is -2.28. The molecule has 0 bridgehead atoms. The fraction of sp³-hybridized carbons (Fsp3) is 0.562. The normalized spacial score (nSPS) is 13.3. The lowest BCUT2D eigenvalue weighted by atomic mass is 9.78. The fourth-order valence-electron chi connectivity index (χ4n) is 4.35. The highest BCUT2D eigenvalue weighted by molar-refractivity contribution is 5.83. The molecule has 0 aliphatic carbocycles. The zero-order valence-electron chi connectivity index (χ0n) is 25.1. The highest BCUT2D eigenvalue weighted by atomic mass is 16.3. The molecule has 0 unspecified atom stereocenters. The van der Waals surface area contributed by atoms with Crippen molar-refractivity contribution >= 4 is 12.1 Å². The van der Waals surface area contributed by atoms with Crippen LogP contribution < -0.4 is 5.43 Å². The van der Waals surface area contributed by atoms with Crippen LogP contribution in [0.2, 0.25) is 0 Å². The summed E-state index contributed by atoms with van der Waals surface area (Å²) in [5.74, 6) is 0.486. The predicted molar refractivity (Wildman–Crippen MR) is 155 cm³/mol.